The van der Waals surface area contributed by atoms with Gasteiger partial charge in [-0.3, -0.25) is 4.79 Å². The standard InChI is InChI=1S/C21H20FNO/c1-13-17(22)11-12-18-19(13)20(21(24)23-18)16-9-7-15(8-10-16)14-5-3-2-4-6-14/h2-6,11-12,15-16H,1,7-10H2,(H,23,24). The molecule has 2 aromatic carbocycles. The topological polar surface area (TPSA) is 29.1 Å². The maximum absolute atomic E-state index is 13.9. The third-order valence-corrected chi connectivity index (χ3v) is 5.42. The molecule has 1 N–H and O–H groups in total. The Balaban J connectivity index is 1.65. The summed E-state index contributed by atoms with van der Waals surface area (Å²) in [5.74, 6) is 0.316. The molecule has 0 spiro atoms. The molecule has 1 fully saturated rings. The molecule has 122 valence electrons. The summed E-state index contributed by atoms with van der Waals surface area (Å²) < 4.78 is 13.9. The number of anilines is 1. The van der Waals surface area contributed by atoms with Crippen molar-refractivity contribution in [2.75, 3.05) is 5.32 Å². The quantitative estimate of drug-likeness (QED) is 0.903. The van der Waals surface area contributed by atoms with Crippen LogP contribution in [0.2, 0.25) is 0 Å². The van der Waals surface area contributed by atoms with Gasteiger partial charge in [-0.1, -0.05) is 36.9 Å². The molecule has 1 aliphatic carbocycles. The molecular formula is C21H20FNO. The highest BCUT2D eigenvalue weighted by molar-refractivity contribution is 6.24. The van der Waals surface area contributed by atoms with Crippen molar-refractivity contribution in [2.24, 2.45) is 5.92 Å². The van der Waals surface area contributed by atoms with Crippen LogP contribution < -0.4 is 15.8 Å². The van der Waals surface area contributed by atoms with Crippen LogP contribution in [-0.4, -0.2) is 5.91 Å². The number of rotatable bonds is 2. The highest BCUT2D eigenvalue weighted by atomic mass is 19.1. The Bertz CT molecular complexity index is 895. The summed E-state index contributed by atoms with van der Waals surface area (Å²) >= 11 is 0. The van der Waals surface area contributed by atoms with Gasteiger partial charge in [0.05, 0.1) is 0 Å². The number of carbonyl (C=O) groups excluding carboxylic acids is 1. The first-order valence-corrected chi connectivity index (χ1v) is 8.53. The van der Waals surface area contributed by atoms with Crippen molar-refractivity contribution in [3.8, 4) is 0 Å². The monoisotopic (exact) mass is 321 g/mol. The molecule has 0 unspecified atom stereocenters. The van der Waals surface area contributed by atoms with Gasteiger partial charge < -0.3 is 5.32 Å². The molecule has 2 aromatic rings. The fraction of sp³-hybridized carbons (Fsp3) is 0.286. The number of hydrogen-bond donors (Lipinski definition) is 1. The summed E-state index contributed by atoms with van der Waals surface area (Å²) in [6.07, 6.45) is 4.03. The van der Waals surface area contributed by atoms with Gasteiger partial charge in [-0.15, -0.1) is 0 Å². The Labute approximate surface area is 140 Å². The van der Waals surface area contributed by atoms with Crippen LogP contribution in [0.15, 0.2) is 42.5 Å². The minimum absolute atomic E-state index is 0.0799. The molecule has 0 atom stereocenters. The maximum Gasteiger partial charge on any atom is 0.252 e. The van der Waals surface area contributed by atoms with E-state index in [1.807, 2.05) is 6.07 Å². The van der Waals surface area contributed by atoms with Gasteiger partial charge in [0.25, 0.3) is 5.91 Å². The van der Waals surface area contributed by atoms with Crippen LogP contribution in [0.5, 0.6) is 0 Å². The van der Waals surface area contributed by atoms with Gasteiger partial charge in [0.1, 0.15) is 5.82 Å². The van der Waals surface area contributed by atoms with E-state index in [1.165, 1.54) is 11.6 Å². The zero-order valence-electron chi connectivity index (χ0n) is 13.5. The molecule has 0 radical (unpaired) electrons. The Morgan fingerprint density at radius 2 is 1.62 bits per heavy atom. The highest BCUT2D eigenvalue weighted by Gasteiger charge is 2.32. The summed E-state index contributed by atoms with van der Waals surface area (Å²) in [7, 11) is 0. The van der Waals surface area contributed by atoms with Crippen molar-refractivity contribution in [1.29, 1.82) is 0 Å². The molecule has 0 bridgehead atoms. The molecule has 1 aliphatic heterocycles. The smallest absolute Gasteiger partial charge is 0.252 e. The fourth-order valence-corrected chi connectivity index (χ4v) is 4.17. The van der Waals surface area contributed by atoms with Crippen molar-refractivity contribution < 1.29 is 9.18 Å². The zero-order chi connectivity index (χ0) is 16.7. The third kappa shape index (κ3) is 2.44. The highest BCUT2D eigenvalue weighted by Crippen LogP contribution is 2.39. The number of nitrogens with one attached hydrogen (secondary N) is 1. The zero-order valence-corrected chi connectivity index (χ0v) is 13.5. The average molecular weight is 321 g/mol. The van der Waals surface area contributed by atoms with Crippen molar-refractivity contribution in [3.05, 3.63) is 64.3 Å². The summed E-state index contributed by atoms with van der Waals surface area (Å²) in [5, 5.41) is 3.91. The number of carbonyl (C=O) groups is 1. The van der Waals surface area contributed by atoms with Crippen LogP contribution in [0.25, 0.3) is 12.2 Å². The van der Waals surface area contributed by atoms with Crippen LogP contribution in [0.4, 0.5) is 10.1 Å². The first kappa shape index (κ1) is 15.1. The lowest BCUT2D eigenvalue weighted by Gasteiger charge is -2.29. The summed E-state index contributed by atoms with van der Waals surface area (Å²) in [6.45, 7) is 3.85. The van der Waals surface area contributed by atoms with Crippen LogP contribution in [0.1, 0.15) is 37.2 Å². The lowest BCUT2D eigenvalue weighted by atomic mass is 9.75. The van der Waals surface area contributed by atoms with Crippen LogP contribution in [-0.2, 0) is 4.79 Å². The Kier molecular flexibility index (Phi) is 3.72. The van der Waals surface area contributed by atoms with Crippen molar-refractivity contribution in [2.45, 2.75) is 31.6 Å². The largest absolute Gasteiger partial charge is 0.322 e. The van der Waals surface area contributed by atoms with E-state index in [0.29, 0.717) is 22.0 Å². The lowest BCUT2D eigenvalue weighted by molar-refractivity contribution is -0.111. The Morgan fingerprint density at radius 1 is 0.958 bits per heavy atom. The van der Waals surface area contributed by atoms with Gasteiger partial charge in [0.2, 0.25) is 0 Å². The number of benzene rings is 2. The second-order valence-corrected chi connectivity index (χ2v) is 6.78. The average Bonchev–Trinajstić information content (AvgIpc) is 2.96. The molecule has 1 saturated carbocycles. The summed E-state index contributed by atoms with van der Waals surface area (Å²) in [5.41, 5.74) is 2.81. The minimum Gasteiger partial charge on any atom is -0.322 e. The van der Waals surface area contributed by atoms with E-state index in [9.17, 15) is 9.18 Å². The maximum atomic E-state index is 13.9. The van der Waals surface area contributed by atoms with E-state index in [-0.39, 0.29) is 17.6 Å². The Hall–Kier alpha value is -2.42. The molecule has 3 heteroatoms. The van der Waals surface area contributed by atoms with Gasteiger partial charge in [-0.2, -0.15) is 0 Å². The van der Waals surface area contributed by atoms with E-state index in [2.05, 4.69) is 36.2 Å². The van der Waals surface area contributed by atoms with E-state index in [1.54, 1.807) is 6.07 Å². The molecule has 1 amide bonds. The summed E-state index contributed by atoms with van der Waals surface area (Å²) in [4.78, 5) is 12.4. The number of fused-ring (bicyclic) bond motifs is 1. The van der Waals surface area contributed by atoms with Gasteiger partial charge >= 0.3 is 0 Å². The second kappa shape index (κ2) is 5.90. The van der Waals surface area contributed by atoms with Gasteiger partial charge in [-0.05, 0) is 55.2 Å². The van der Waals surface area contributed by atoms with Crippen LogP contribution in [0.3, 0.4) is 0 Å². The third-order valence-electron chi connectivity index (χ3n) is 5.42. The van der Waals surface area contributed by atoms with Crippen molar-refractivity contribution in [1.82, 2.24) is 0 Å². The SMILES string of the molecule is C=c1c(F)ccc2c1=C(C1CCC(c3ccccc3)CC1)C(=O)N2. The van der Waals surface area contributed by atoms with E-state index < -0.39 is 0 Å². The Morgan fingerprint density at radius 3 is 2.33 bits per heavy atom. The van der Waals surface area contributed by atoms with Gasteiger partial charge in [-0.25, -0.2) is 4.39 Å². The first-order valence-electron chi connectivity index (χ1n) is 8.53. The van der Waals surface area contributed by atoms with Gasteiger partial charge in [0.15, 0.2) is 0 Å². The minimum atomic E-state index is -0.347. The molecule has 0 aromatic heterocycles. The van der Waals surface area contributed by atoms with Crippen LogP contribution in [0, 0.1) is 11.7 Å². The van der Waals surface area contributed by atoms with E-state index in [0.717, 1.165) is 31.3 Å². The van der Waals surface area contributed by atoms with Crippen molar-refractivity contribution >= 4 is 23.7 Å². The molecule has 4 rings (SSSR count). The molecule has 24 heavy (non-hydrogen) atoms. The number of amides is 1. The fourth-order valence-electron chi connectivity index (χ4n) is 4.17. The molecule has 1 heterocycles. The molecular weight excluding hydrogens is 301 g/mol. The first-order chi connectivity index (χ1) is 11.6. The predicted molar refractivity (Wildman–Crippen MR) is 94.4 cm³/mol. The molecule has 2 nitrogen and oxygen atoms in total. The van der Waals surface area contributed by atoms with Crippen LogP contribution >= 0.6 is 0 Å². The number of halogens is 1. The number of hydrogen-bond acceptors (Lipinski definition) is 1. The van der Waals surface area contributed by atoms with Crippen molar-refractivity contribution in [3.63, 3.8) is 0 Å². The van der Waals surface area contributed by atoms with E-state index >= 15 is 0 Å². The lowest BCUT2D eigenvalue weighted by Crippen LogP contribution is -2.31. The summed E-state index contributed by atoms with van der Waals surface area (Å²) in [6, 6.07) is 13.6. The normalized spacial score (nSPS) is 23.0. The molecule has 2 aliphatic rings. The van der Waals surface area contributed by atoms with E-state index in [4.69, 9.17) is 0 Å². The molecule has 0 saturated heterocycles. The van der Waals surface area contributed by atoms with Gasteiger partial charge in [0, 0.05) is 21.7 Å². The predicted octanol–water partition coefficient (Wildman–Crippen LogP) is 3.31. The second-order valence-electron chi connectivity index (χ2n) is 6.78.